The van der Waals surface area contributed by atoms with E-state index < -0.39 is 11.7 Å². The molecule has 2 aromatic heterocycles. The molecule has 6 N–H and O–H groups in total. The highest BCUT2D eigenvalue weighted by Gasteiger charge is 2.19. The van der Waals surface area contributed by atoms with E-state index in [4.69, 9.17) is 15.9 Å². The predicted octanol–water partition coefficient (Wildman–Crippen LogP) is 4.76. The number of halogens is 2. The van der Waals surface area contributed by atoms with Crippen LogP contribution in [0.2, 0.25) is 0 Å². The van der Waals surface area contributed by atoms with E-state index in [1.165, 1.54) is 18.2 Å². The summed E-state index contributed by atoms with van der Waals surface area (Å²) in [5, 5.41) is 6.36. The number of fused-ring (bicyclic) bond motifs is 1. The average Bonchev–Trinajstić information content (AvgIpc) is 3.05. The Balaban J connectivity index is 1.54. The van der Waals surface area contributed by atoms with Crippen molar-refractivity contribution in [3.05, 3.63) is 76.3 Å². The quantitative estimate of drug-likeness (QED) is 0.334. The molecule has 0 saturated carbocycles. The number of amides is 1. The number of furan rings is 1. The van der Waals surface area contributed by atoms with Crippen molar-refractivity contribution in [2.75, 3.05) is 22.1 Å². The molecule has 2 aromatic carbocycles. The van der Waals surface area contributed by atoms with Crippen LogP contribution in [-0.2, 0) is 6.54 Å². The van der Waals surface area contributed by atoms with Gasteiger partial charge in [-0.05, 0) is 48.5 Å². The number of rotatable bonds is 5. The molecule has 0 spiro atoms. The second-order valence-corrected chi connectivity index (χ2v) is 7.45. The number of benzene rings is 2. The molecule has 152 valence electrons. The van der Waals surface area contributed by atoms with Gasteiger partial charge in [0.15, 0.2) is 0 Å². The van der Waals surface area contributed by atoms with Crippen molar-refractivity contribution >= 4 is 55.7 Å². The van der Waals surface area contributed by atoms with Crippen LogP contribution in [0, 0.1) is 5.82 Å². The number of carbonyl (C=O) groups is 1. The number of nitrogens with two attached hydrogens (primary N) is 2. The van der Waals surface area contributed by atoms with E-state index in [2.05, 4.69) is 31.5 Å². The second-order valence-electron chi connectivity index (χ2n) is 6.54. The Kier molecular flexibility index (Phi) is 5.28. The maximum atomic E-state index is 14.2. The average molecular weight is 470 g/mol. The number of pyridine rings is 1. The third kappa shape index (κ3) is 3.92. The van der Waals surface area contributed by atoms with Gasteiger partial charge in [0.05, 0.1) is 11.4 Å². The largest absolute Gasteiger partial charge is 0.449 e. The molecule has 0 atom stereocenters. The molecule has 0 aliphatic rings. The number of anilines is 4. The van der Waals surface area contributed by atoms with Crippen LogP contribution in [0.25, 0.3) is 11.0 Å². The number of nitrogen functional groups attached to an aromatic ring is 2. The van der Waals surface area contributed by atoms with Gasteiger partial charge in [-0.2, -0.15) is 0 Å². The van der Waals surface area contributed by atoms with Crippen molar-refractivity contribution in [2.45, 2.75) is 6.54 Å². The number of nitrogens with one attached hydrogen (secondary N) is 2. The predicted molar refractivity (Wildman–Crippen MR) is 119 cm³/mol. The van der Waals surface area contributed by atoms with Crippen LogP contribution >= 0.6 is 15.9 Å². The molecule has 2 heterocycles. The molecule has 0 radical (unpaired) electrons. The molecule has 0 fully saturated rings. The molecule has 9 heteroatoms. The SMILES string of the molecule is Nc1ncccc1NCc1cc(NC(=O)c2oc3ccc(Br)cc3c2N)ccc1F. The first-order chi connectivity index (χ1) is 14.4. The maximum Gasteiger partial charge on any atom is 0.293 e. The van der Waals surface area contributed by atoms with Gasteiger partial charge in [-0.1, -0.05) is 15.9 Å². The van der Waals surface area contributed by atoms with Crippen LogP contribution < -0.4 is 22.1 Å². The second kappa shape index (κ2) is 8.03. The zero-order valence-electron chi connectivity index (χ0n) is 15.6. The van der Waals surface area contributed by atoms with Crippen LogP contribution in [0.4, 0.5) is 27.3 Å². The molecule has 0 aliphatic heterocycles. The maximum absolute atomic E-state index is 14.2. The topological polar surface area (TPSA) is 119 Å². The van der Waals surface area contributed by atoms with E-state index in [0.717, 1.165) is 4.47 Å². The lowest BCUT2D eigenvalue weighted by atomic mass is 10.1. The highest BCUT2D eigenvalue weighted by atomic mass is 79.9. The van der Waals surface area contributed by atoms with E-state index in [-0.39, 0.29) is 18.0 Å². The monoisotopic (exact) mass is 469 g/mol. The third-order valence-corrected chi connectivity index (χ3v) is 5.00. The summed E-state index contributed by atoms with van der Waals surface area (Å²) in [5.74, 6) is -0.637. The molecule has 0 unspecified atom stereocenters. The highest BCUT2D eigenvalue weighted by Crippen LogP contribution is 2.31. The molecule has 7 nitrogen and oxygen atoms in total. The first-order valence-corrected chi connectivity index (χ1v) is 9.73. The van der Waals surface area contributed by atoms with E-state index >= 15 is 0 Å². The van der Waals surface area contributed by atoms with Crippen molar-refractivity contribution in [1.82, 2.24) is 4.98 Å². The fraction of sp³-hybridized carbons (Fsp3) is 0.0476. The number of carbonyl (C=O) groups excluding carboxylic acids is 1. The molecule has 1 amide bonds. The first-order valence-electron chi connectivity index (χ1n) is 8.94. The summed E-state index contributed by atoms with van der Waals surface area (Å²) in [6.45, 7) is 0.159. The molecular formula is C21H17BrFN5O2. The van der Waals surface area contributed by atoms with Gasteiger partial charge in [0.2, 0.25) is 5.76 Å². The van der Waals surface area contributed by atoms with E-state index in [1.807, 2.05) is 0 Å². The van der Waals surface area contributed by atoms with Crippen molar-refractivity contribution in [3.63, 3.8) is 0 Å². The number of aromatic nitrogens is 1. The summed E-state index contributed by atoms with van der Waals surface area (Å²) in [7, 11) is 0. The van der Waals surface area contributed by atoms with Gasteiger partial charge in [0.25, 0.3) is 5.91 Å². The Morgan fingerprint density at radius 1 is 1.17 bits per heavy atom. The van der Waals surface area contributed by atoms with Crippen LogP contribution in [-0.4, -0.2) is 10.9 Å². The zero-order chi connectivity index (χ0) is 21.3. The van der Waals surface area contributed by atoms with Gasteiger partial charge in [0.1, 0.15) is 17.2 Å². The Bertz CT molecular complexity index is 1260. The molecule has 0 aliphatic carbocycles. The van der Waals surface area contributed by atoms with Gasteiger partial charge < -0.3 is 26.5 Å². The van der Waals surface area contributed by atoms with E-state index in [0.29, 0.717) is 33.7 Å². The minimum absolute atomic E-state index is 0.00441. The van der Waals surface area contributed by atoms with E-state index in [1.54, 1.807) is 36.5 Å². The lowest BCUT2D eigenvalue weighted by Gasteiger charge is -2.11. The van der Waals surface area contributed by atoms with Crippen LogP contribution in [0.15, 0.2) is 63.6 Å². The van der Waals surface area contributed by atoms with Gasteiger partial charge in [0, 0.05) is 33.9 Å². The first kappa shape index (κ1) is 19.7. The Hall–Kier alpha value is -3.59. The highest BCUT2D eigenvalue weighted by molar-refractivity contribution is 9.10. The van der Waals surface area contributed by atoms with Crippen molar-refractivity contribution in [1.29, 1.82) is 0 Å². The summed E-state index contributed by atoms with van der Waals surface area (Å²) < 4.78 is 20.6. The van der Waals surface area contributed by atoms with E-state index in [9.17, 15) is 9.18 Å². The summed E-state index contributed by atoms with van der Waals surface area (Å²) in [4.78, 5) is 16.7. The van der Waals surface area contributed by atoms with Crippen LogP contribution in [0.3, 0.4) is 0 Å². The van der Waals surface area contributed by atoms with Gasteiger partial charge >= 0.3 is 0 Å². The summed E-state index contributed by atoms with van der Waals surface area (Å²) >= 11 is 3.37. The zero-order valence-corrected chi connectivity index (χ0v) is 17.2. The standard InChI is InChI=1S/C21H17BrFN5O2/c22-12-3-6-17-14(9-12)18(24)19(30-17)21(29)28-13-4-5-15(23)11(8-13)10-27-16-2-1-7-26-20(16)25/h1-9,27H,10,24H2,(H2,25,26)(H,28,29). The molecule has 4 rings (SSSR count). The lowest BCUT2D eigenvalue weighted by Crippen LogP contribution is -2.13. The fourth-order valence-corrected chi connectivity index (χ4v) is 3.35. The van der Waals surface area contributed by atoms with Crippen molar-refractivity contribution < 1.29 is 13.6 Å². The van der Waals surface area contributed by atoms with Gasteiger partial charge in [-0.3, -0.25) is 4.79 Å². The normalized spacial score (nSPS) is 10.9. The number of hydrogen-bond acceptors (Lipinski definition) is 6. The fourth-order valence-electron chi connectivity index (χ4n) is 2.99. The summed E-state index contributed by atoms with van der Waals surface area (Å²) in [5.41, 5.74) is 13.9. The smallest absolute Gasteiger partial charge is 0.293 e. The molecule has 4 aromatic rings. The molecule has 30 heavy (non-hydrogen) atoms. The van der Waals surface area contributed by atoms with Gasteiger partial charge in [-0.15, -0.1) is 0 Å². The minimum atomic E-state index is -0.526. The third-order valence-electron chi connectivity index (χ3n) is 4.51. The van der Waals surface area contributed by atoms with Crippen LogP contribution in [0.1, 0.15) is 16.1 Å². The minimum Gasteiger partial charge on any atom is -0.449 e. The van der Waals surface area contributed by atoms with Gasteiger partial charge in [-0.25, -0.2) is 9.37 Å². The van der Waals surface area contributed by atoms with Crippen molar-refractivity contribution in [3.8, 4) is 0 Å². The molecule has 0 bridgehead atoms. The van der Waals surface area contributed by atoms with Crippen LogP contribution in [0.5, 0.6) is 0 Å². The molecule has 0 saturated heterocycles. The summed E-state index contributed by atoms with van der Waals surface area (Å²) in [6, 6.07) is 13.0. The Labute approximate surface area is 179 Å². The molecular weight excluding hydrogens is 453 g/mol. The number of hydrogen-bond donors (Lipinski definition) is 4. The number of nitrogens with zero attached hydrogens (tertiary/aromatic N) is 1. The Morgan fingerprint density at radius 2 is 2.00 bits per heavy atom. The Morgan fingerprint density at radius 3 is 2.80 bits per heavy atom. The lowest BCUT2D eigenvalue weighted by molar-refractivity contribution is 0.1000. The van der Waals surface area contributed by atoms with Crippen molar-refractivity contribution in [2.24, 2.45) is 0 Å². The summed E-state index contributed by atoms with van der Waals surface area (Å²) in [6.07, 6.45) is 1.57.